The van der Waals surface area contributed by atoms with Gasteiger partial charge in [0.05, 0.1) is 6.54 Å². The molecule has 1 saturated heterocycles. The first-order valence-corrected chi connectivity index (χ1v) is 10.9. The molecule has 3 heterocycles. The molecule has 1 aliphatic carbocycles. The smallest absolute Gasteiger partial charge is 0.240 e. The molecule has 1 saturated carbocycles. The topological polar surface area (TPSA) is 58.3 Å². The summed E-state index contributed by atoms with van der Waals surface area (Å²) in [6.45, 7) is 7.04. The number of hydrogen-bond donors (Lipinski definition) is 0. The van der Waals surface area contributed by atoms with E-state index in [0.29, 0.717) is 24.2 Å². The van der Waals surface area contributed by atoms with Gasteiger partial charge in [-0.3, -0.25) is 9.88 Å². The van der Waals surface area contributed by atoms with Crippen LogP contribution in [0.2, 0.25) is 0 Å². The molecule has 0 radical (unpaired) electrons. The van der Waals surface area contributed by atoms with Crippen molar-refractivity contribution in [2.45, 2.75) is 71.0 Å². The second-order valence-corrected chi connectivity index (χ2v) is 8.56. The quantitative estimate of drug-likeness (QED) is 0.724. The van der Waals surface area contributed by atoms with Crippen LogP contribution in [0.25, 0.3) is 0 Å². The van der Waals surface area contributed by atoms with Crippen molar-refractivity contribution in [1.29, 1.82) is 0 Å². The second-order valence-electron chi connectivity index (χ2n) is 8.56. The maximum absolute atomic E-state index is 5.41. The Labute approximate surface area is 168 Å². The lowest BCUT2D eigenvalue weighted by Gasteiger charge is -2.41. The summed E-state index contributed by atoms with van der Waals surface area (Å²) in [7, 11) is 0. The minimum absolute atomic E-state index is 0.704. The van der Waals surface area contributed by atoms with Crippen molar-refractivity contribution in [3.05, 3.63) is 41.8 Å². The van der Waals surface area contributed by atoms with E-state index >= 15 is 0 Å². The molecule has 28 heavy (non-hydrogen) atoms. The van der Waals surface area contributed by atoms with Gasteiger partial charge in [-0.25, -0.2) is 0 Å². The van der Waals surface area contributed by atoms with Crippen molar-refractivity contribution >= 4 is 0 Å². The Kier molecular flexibility index (Phi) is 6.70. The molecule has 152 valence electrons. The number of piperidine rings is 1. The molecule has 2 aromatic heterocycles. The SMILES string of the molecule is Cc1noc(CN(Cc2cccnc2)CC2CCCN(C3CCCCC3)C2)n1. The summed E-state index contributed by atoms with van der Waals surface area (Å²) < 4.78 is 5.41. The van der Waals surface area contributed by atoms with Gasteiger partial charge in [0, 0.05) is 38.1 Å². The first-order valence-electron chi connectivity index (χ1n) is 10.9. The van der Waals surface area contributed by atoms with E-state index in [9.17, 15) is 0 Å². The van der Waals surface area contributed by atoms with E-state index in [-0.39, 0.29) is 0 Å². The third kappa shape index (κ3) is 5.39. The van der Waals surface area contributed by atoms with Crippen molar-refractivity contribution in [2.75, 3.05) is 19.6 Å². The Hall–Kier alpha value is -1.79. The van der Waals surface area contributed by atoms with Crippen molar-refractivity contribution in [3.8, 4) is 0 Å². The lowest BCUT2D eigenvalue weighted by Crippen LogP contribution is -2.46. The number of pyridine rings is 1. The number of rotatable bonds is 7. The molecule has 0 bridgehead atoms. The van der Waals surface area contributed by atoms with Gasteiger partial charge < -0.3 is 9.42 Å². The fraction of sp³-hybridized carbons (Fsp3) is 0.682. The van der Waals surface area contributed by atoms with Crippen LogP contribution in [-0.2, 0) is 13.1 Å². The van der Waals surface area contributed by atoms with Crippen LogP contribution < -0.4 is 0 Å². The largest absolute Gasteiger partial charge is 0.338 e. The molecule has 1 atom stereocenters. The van der Waals surface area contributed by atoms with Gasteiger partial charge in [0.2, 0.25) is 5.89 Å². The van der Waals surface area contributed by atoms with Crippen LogP contribution >= 0.6 is 0 Å². The molecule has 2 fully saturated rings. The van der Waals surface area contributed by atoms with E-state index in [2.05, 4.69) is 31.0 Å². The first-order chi connectivity index (χ1) is 13.8. The van der Waals surface area contributed by atoms with Gasteiger partial charge in [-0.05, 0) is 56.7 Å². The molecule has 2 aromatic rings. The van der Waals surface area contributed by atoms with Crippen molar-refractivity contribution in [3.63, 3.8) is 0 Å². The highest BCUT2D eigenvalue weighted by Gasteiger charge is 2.28. The third-order valence-corrected chi connectivity index (χ3v) is 6.22. The second kappa shape index (κ2) is 9.61. The molecule has 2 aliphatic rings. The van der Waals surface area contributed by atoms with Gasteiger partial charge in [-0.1, -0.05) is 30.5 Å². The third-order valence-electron chi connectivity index (χ3n) is 6.22. The van der Waals surface area contributed by atoms with Crippen molar-refractivity contribution in [1.82, 2.24) is 24.9 Å². The summed E-state index contributed by atoms with van der Waals surface area (Å²) in [4.78, 5) is 14.0. The van der Waals surface area contributed by atoms with Crippen LogP contribution in [0.1, 0.15) is 62.2 Å². The lowest BCUT2D eigenvalue weighted by molar-refractivity contribution is 0.0745. The number of likely N-dealkylation sites (tertiary alicyclic amines) is 1. The van der Waals surface area contributed by atoms with E-state index in [1.165, 1.54) is 63.6 Å². The Bertz CT molecular complexity index is 713. The van der Waals surface area contributed by atoms with E-state index in [0.717, 1.165) is 19.1 Å². The zero-order chi connectivity index (χ0) is 19.2. The molecule has 0 aromatic carbocycles. The van der Waals surface area contributed by atoms with E-state index in [1.807, 2.05) is 25.4 Å². The lowest BCUT2D eigenvalue weighted by atomic mass is 9.90. The van der Waals surface area contributed by atoms with Gasteiger partial charge >= 0.3 is 0 Å². The van der Waals surface area contributed by atoms with Crippen LogP contribution in [0.5, 0.6) is 0 Å². The number of aryl methyl sites for hydroxylation is 1. The predicted octanol–water partition coefficient (Wildman–Crippen LogP) is 3.82. The van der Waals surface area contributed by atoms with Gasteiger partial charge in [0.15, 0.2) is 5.82 Å². The molecular formula is C22H33N5O. The minimum Gasteiger partial charge on any atom is -0.338 e. The molecule has 1 aliphatic heterocycles. The average molecular weight is 384 g/mol. The van der Waals surface area contributed by atoms with Gasteiger partial charge in [0.25, 0.3) is 0 Å². The molecule has 1 unspecified atom stereocenters. The molecule has 0 amide bonds. The Balaban J connectivity index is 1.40. The molecule has 6 nitrogen and oxygen atoms in total. The van der Waals surface area contributed by atoms with Crippen LogP contribution in [0.15, 0.2) is 29.0 Å². The maximum atomic E-state index is 5.41. The highest BCUT2D eigenvalue weighted by Crippen LogP contribution is 2.28. The summed E-state index contributed by atoms with van der Waals surface area (Å²) in [6.07, 6.45) is 13.5. The highest BCUT2D eigenvalue weighted by molar-refractivity contribution is 5.08. The van der Waals surface area contributed by atoms with Gasteiger partial charge in [-0.2, -0.15) is 4.98 Å². The summed E-state index contributed by atoms with van der Waals surface area (Å²) in [6, 6.07) is 4.98. The van der Waals surface area contributed by atoms with Gasteiger partial charge in [-0.15, -0.1) is 0 Å². The van der Waals surface area contributed by atoms with Crippen LogP contribution in [0.4, 0.5) is 0 Å². The fourth-order valence-corrected chi connectivity index (χ4v) is 4.92. The molecule has 6 heteroatoms. The average Bonchev–Trinajstić information content (AvgIpc) is 3.14. The molecule has 0 N–H and O–H groups in total. The van der Waals surface area contributed by atoms with Crippen LogP contribution in [0.3, 0.4) is 0 Å². The van der Waals surface area contributed by atoms with Crippen LogP contribution in [-0.4, -0.2) is 50.6 Å². The Morgan fingerprint density at radius 3 is 2.79 bits per heavy atom. The standard InChI is InChI=1S/C22H33N5O/c1-18-24-22(28-25-18)17-26(14-19-7-5-11-23-13-19)15-20-8-6-12-27(16-20)21-9-3-2-4-10-21/h5,7,11,13,20-21H,2-4,6,8-10,12,14-17H2,1H3. The minimum atomic E-state index is 0.704. The van der Waals surface area contributed by atoms with Gasteiger partial charge in [0.1, 0.15) is 0 Å². The normalized spacial score (nSPS) is 22.0. The summed E-state index contributed by atoms with van der Waals surface area (Å²) in [5.41, 5.74) is 1.23. The van der Waals surface area contributed by atoms with E-state index < -0.39 is 0 Å². The maximum Gasteiger partial charge on any atom is 0.240 e. The van der Waals surface area contributed by atoms with E-state index in [4.69, 9.17) is 4.52 Å². The Morgan fingerprint density at radius 2 is 2.04 bits per heavy atom. The van der Waals surface area contributed by atoms with E-state index in [1.54, 1.807) is 0 Å². The molecule has 4 rings (SSSR count). The zero-order valence-corrected chi connectivity index (χ0v) is 17.1. The Morgan fingerprint density at radius 1 is 1.14 bits per heavy atom. The molecular weight excluding hydrogens is 350 g/mol. The van der Waals surface area contributed by atoms with Crippen LogP contribution in [0, 0.1) is 12.8 Å². The highest BCUT2D eigenvalue weighted by atomic mass is 16.5. The number of nitrogens with zero attached hydrogens (tertiary/aromatic N) is 5. The monoisotopic (exact) mass is 383 g/mol. The number of hydrogen-bond acceptors (Lipinski definition) is 6. The summed E-state index contributed by atoms with van der Waals surface area (Å²) in [5.74, 6) is 2.12. The number of aromatic nitrogens is 3. The summed E-state index contributed by atoms with van der Waals surface area (Å²) in [5, 5.41) is 3.96. The summed E-state index contributed by atoms with van der Waals surface area (Å²) >= 11 is 0. The zero-order valence-electron chi connectivity index (χ0n) is 17.1. The van der Waals surface area contributed by atoms with Crippen molar-refractivity contribution in [2.24, 2.45) is 5.92 Å². The fourth-order valence-electron chi connectivity index (χ4n) is 4.92. The molecule has 0 spiro atoms. The first kappa shape index (κ1) is 19.5. The van der Waals surface area contributed by atoms with Crippen molar-refractivity contribution < 1.29 is 4.52 Å². The predicted molar refractivity (Wildman–Crippen MR) is 109 cm³/mol.